The van der Waals surface area contributed by atoms with Crippen molar-refractivity contribution in [1.82, 2.24) is 5.32 Å². The molecule has 0 heterocycles. The zero-order valence-electron chi connectivity index (χ0n) is 12.0. The summed E-state index contributed by atoms with van der Waals surface area (Å²) in [6.45, 7) is 8.22. The Morgan fingerprint density at radius 3 is 2.00 bits per heavy atom. The van der Waals surface area contributed by atoms with Crippen LogP contribution in [0.1, 0.15) is 65.7 Å². The molecule has 0 saturated heterocycles. The molecule has 1 N–H and O–H groups in total. The van der Waals surface area contributed by atoms with Crippen LogP contribution >= 0.6 is 0 Å². The van der Waals surface area contributed by atoms with E-state index in [0.29, 0.717) is 0 Å². The number of nitrogens with one attached hydrogen (secondary N) is 1. The van der Waals surface area contributed by atoms with E-state index in [1.54, 1.807) is 0 Å². The van der Waals surface area contributed by atoms with Crippen LogP contribution in [-0.4, -0.2) is 12.6 Å². The Bertz CT molecular complexity index is 212. The molecule has 100 valence electrons. The quantitative estimate of drug-likeness (QED) is 0.729. The summed E-state index contributed by atoms with van der Waals surface area (Å²) < 4.78 is 0. The van der Waals surface area contributed by atoms with Crippen molar-refractivity contribution in [3.63, 3.8) is 0 Å². The molecule has 0 aromatic carbocycles. The van der Waals surface area contributed by atoms with Gasteiger partial charge in [0.15, 0.2) is 0 Å². The van der Waals surface area contributed by atoms with Crippen LogP contribution in [0.4, 0.5) is 0 Å². The van der Waals surface area contributed by atoms with E-state index in [9.17, 15) is 0 Å². The summed E-state index contributed by atoms with van der Waals surface area (Å²) in [5.41, 5.74) is 0. The van der Waals surface area contributed by atoms with Crippen molar-refractivity contribution in [1.29, 1.82) is 0 Å². The maximum Gasteiger partial charge on any atom is 0.00978 e. The van der Waals surface area contributed by atoms with Crippen LogP contribution in [0, 0.1) is 23.7 Å². The van der Waals surface area contributed by atoms with Gasteiger partial charge < -0.3 is 5.32 Å². The van der Waals surface area contributed by atoms with Crippen molar-refractivity contribution in [2.24, 2.45) is 23.7 Å². The van der Waals surface area contributed by atoms with Gasteiger partial charge in [0, 0.05) is 6.04 Å². The van der Waals surface area contributed by atoms with Crippen LogP contribution in [0.3, 0.4) is 0 Å². The predicted octanol–water partition coefficient (Wildman–Crippen LogP) is 4.23. The lowest BCUT2D eigenvalue weighted by Gasteiger charge is -2.36. The van der Waals surface area contributed by atoms with Crippen LogP contribution in [0.2, 0.25) is 0 Å². The fourth-order valence-electron chi connectivity index (χ4n) is 3.63. The van der Waals surface area contributed by atoms with E-state index in [-0.39, 0.29) is 0 Å². The van der Waals surface area contributed by atoms with E-state index in [4.69, 9.17) is 0 Å². The van der Waals surface area contributed by atoms with Gasteiger partial charge in [-0.1, -0.05) is 33.6 Å². The molecule has 2 fully saturated rings. The first-order valence-corrected chi connectivity index (χ1v) is 7.94. The van der Waals surface area contributed by atoms with E-state index < -0.39 is 0 Å². The number of hydrogen-bond donors (Lipinski definition) is 1. The van der Waals surface area contributed by atoms with Gasteiger partial charge in [0.1, 0.15) is 0 Å². The first-order valence-electron chi connectivity index (χ1n) is 7.94. The Balaban J connectivity index is 1.79. The summed E-state index contributed by atoms with van der Waals surface area (Å²) in [6, 6.07) is 0.834. The van der Waals surface area contributed by atoms with Gasteiger partial charge in [0.05, 0.1) is 0 Å². The van der Waals surface area contributed by atoms with Crippen molar-refractivity contribution in [3.8, 4) is 0 Å². The highest BCUT2D eigenvalue weighted by Crippen LogP contribution is 2.40. The smallest absolute Gasteiger partial charge is 0.00978 e. The van der Waals surface area contributed by atoms with E-state index in [0.717, 1.165) is 36.3 Å². The number of rotatable bonds is 6. The average Bonchev–Trinajstić information content (AvgIpc) is 3.13. The van der Waals surface area contributed by atoms with Crippen molar-refractivity contribution in [3.05, 3.63) is 0 Å². The molecule has 1 atom stereocenters. The van der Waals surface area contributed by atoms with Gasteiger partial charge >= 0.3 is 0 Å². The molecular formula is C16H31N. The van der Waals surface area contributed by atoms with Crippen LogP contribution in [-0.2, 0) is 0 Å². The summed E-state index contributed by atoms with van der Waals surface area (Å²) in [5, 5.41) is 3.77. The van der Waals surface area contributed by atoms with E-state index in [1.165, 1.54) is 44.9 Å². The Labute approximate surface area is 108 Å². The SMILES string of the molecule is CCNC(CC1CC1)C1CCC(C(C)C)CC1. The van der Waals surface area contributed by atoms with E-state index in [2.05, 4.69) is 26.1 Å². The van der Waals surface area contributed by atoms with Gasteiger partial charge in [-0.2, -0.15) is 0 Å². The van der Waals surface area contributed by atoms with Gasteiger partial charge in [0.2, 0.25) is 0 Å². The first kappa shape index (κ1) is 13.4. The molecule has 1 nitrogen and oxygen atoms in total. The highest BCUT2D eigenvalue weighted by Gasteiger charge is 2.32. The van der Waals surface area contributed by atoms with E-state index in [1.807, 2.05) is 0 Å². The molecule has 0 spiro atoms. The van der Waals surface area contributed by atoms with Crippen LogP contribution < -0.4 is 5.32 Å². The molecule has 0 radical (unpaired) electrons. The Morgan fingerprint density at radius 2 is 1.53 bits per heavy atom. The maximum atomic E-state index is 3.77. The summed E-state index contributed by atoms with van der Waals surface area (Å²) in [4.78, 5) is 0. The minimum atomic E-state index is 0.834. The van der Waals surface area contributed by atoms with Crippen molar-refractivity contribution in [2.75, 3.05) is 6.54 Å². The lowest BCUT2D eigenvalue weighted by atomic mass is 9.74. The van der Waals surface area contributed by atoms with Gasteiger partial charge in [-0.15, -0.1) is 0 Å². The predicted molar refractivity (Wildman–Crippen MR) is 75.1 cm³/mol. The lowest BCUT2D eigenvalue weighted by Crippen LogP contribution is -2.38. The molecule has 0 aromatic rings. The van der Waals surface area contributed by atoms with E-state index >= 15 is 0 Å². The normalized spacial score (nSPS) is 31.8. The highest BCUT2D eigenvalue weighted by atomic mass is 14.9. The Kier molecular flexibility index (Phi) is 4.90. The maximum absolute atomic E-state index is 3.77. The molecule has 2 rings (SSSR count). The highest BCUT2D eigenvalue weighted by molar-refractivity contribution is 4.87. The third-order valence-corrected chi connectivity index (χ3v) is 5.08. The van der Waals surface area contributed by atoms with Crippen molar-refractivity contribution in [2.45, 2.75) is 71.8 Å². The van der Waals surface area contributed by atoms with Gasteiger partial charge in [-0.05, 0) is 62.3 Å². The van der Waals surface area contributed by atoms with Crippen molar-refractivity contribution >= 4 is 0 Å². The molecule has 0 bridgehead atoms. The average molecular weight is 237 g/mol. The zero-order valence-corrected chi connectivity index (χ0v) is 12.0. The summed E-state index contributed by atoms with van der Waals surface area (Å²) in [7, 11) is 0. The summed E-state index contributed by atoms with van der Waals surface area (Å²) in [6.07, 6.45) is 10.4. The molecule has 1 heteroatoms. The molecular weight excluding hydrogens is 206 g/mol. The molecule has 0 aliphatic heterocycles. The molecule has 17 heavy (non-hydrogen) atoms. The minimum absolute atomic E-state index is 0.834. The van der Waals surface area contributed by atoms with Crippen molar-refractivity contribution < 1.29 is 0 Å². The third-order valence-electron chi connectivity index (χ3n) is 5.08. The fraction of sp³-hybridized carbons (Fsp3) is 1.00. The molecule has 0 aromatic heterocycles. The van der Waals surface area contributed by atoms with Gasteiger partial charge in [-0.3, -0.25) is 0 Å². The van der Waals surface area contributed by atoms with Gasteiger partial charge in [0.25, 0.3) is 0 Å². The zero-order chi connectivity index (χ0) is 12.3. The monoisotopic (exact) mass is 237 g/mol. The molecule has 2 aliphatic carbocycles. The Morgan fingerprint density at radius 1 is 0.941 bits per heavy atom. The lowest BCUT2D eigenvalue weighted by molar-refractivity contribution is 0.182. The van der Waals surface area contributed by atoms with Crippen LogP contribution in [0.15, 0.2) is 0 Å². The van der Waals surface area contributed by atoms with Crippen LogP contribution in [0.25, 0.3) is 0 Å². The van der Waals surface area contributed by atoms with Crippen LogP contribution in [0.5, 0.6) is 0 Å². The fourth-order valence-corrected chi connectivity index (χ4v) is 3.63. The Hall–Kier alpha value is -0.0400. The molecule has 2 saturated carbocycles. The second-order valence-electron chi connectivity index (χ2n) is 6.76. The molecule has 2 aliphatic rings. The topological polar surface area (TPSA) is 12.0 Å². The first-order chi connectivity index (χ1) is 8.20. The molecule has 0 amide bonds. The number of hydrogen-bond acceptors (Lipinski definition) is 1. The minimum Gasteiger partial charge on any atom is -0.314 e. The molecule has 1 unspecified atom stereocenters. The summed E-state index contributed by atoms with van der Waals surface area (Å²) in [5.74, 6) is 3.96. The largest absolute Gasteiger partial charge is 0.314 e. The second kappa shape index (κ2) is 6.22. The van der Waals surface area contributed by atoms with Gasteiger partial charge in [-0.25, -0.2) is 0 Å². The standard InChI is InChI=1S/C16H31N/c1-4-17-16(11-13-5-6-13)15-9-7-14(8-10-15)12(2)3/h12-17H,4-11H2,1-3H3. The third kappa shape index (κ3) is 3.98. The summed E-state index contributed by atoms with van der Waals surface area (Å²) >= 11 is 0. The second-order valence-corrected chi connectivity index (χ2v) is 6.76.